The lowest BCUT2D eigenvalue weighted by molar-refractivity contribution is -0.136. The van der Waals surface area contributed by atoms with Crippen LogP contribution in [0.15, 0.2) is 6.07 Å². The van der Waals surface area contributed by atoms with E-state index in [4.69, 9.17) is 0 Å². The first-order valence-electron chi connectivity index (χ1n) is 6.48. The third-order valence-corrected chi connectivity index (χ3v) is 3.64. The van der Waals surface area contributed by atoms with Crippen LogP contribution >= 0.6 is 0 Å². The van der Waals surface area contributed by atoms with Gasteiger partial charge >= 0.3 is 0 Å². The van der Waals surface area contributed by atoms with E-state index in [1.165, 1.54) is 0 Å². The highest BCUT2D eigenvalue weighted by Gasteiger charge is 2.32. The molecule has 1 aliphatic rings. The van der Waals surface area contributed by atoms with Gasteiger partial charge in [-0.1, -0.05) is 0 Å². The smallest absolute Gasteiger partial charge is 0.247 e. The first-order valence-corrected chi connectivity index (χ1v) is 6.48. The molecule has 1 aromatic heterocycles. The molecule has 2 rings (SSSR count). The van der Waals surface area contributed by atoms with Gasteiger partial charge in [0.15, 0.2) is 0 Å². The van der Waals surface area contributed by atoms with E-state index >= 15 is 0 Å². The van der Waals surface area contributed by atoms with Crippen LogP contribution in [0, 0.1) is 13.8 Å². The number of rotatable bonds is 3. The molecule has 0 saturated carbocycles. The molecule has 1 amide bonds. The van der Waals surface area contributed by atoms with Crippen LogP contribution in [0.25, 0.3) is 0 Å². The van der Waals surface area contributed by atoms with E-state index < -0.39 is 0 Å². The lowest BCUT2D eigenvalue weighted by atomic mass is 10.2. The van der Waals surface area contributed by atoms with Gasteiger partial charge in [0.2, 0.25) is 5.91 Å². The third-order valence-electron chi connectivity index (χ3n) is 3.64. The predicted molar refractivity (Wildman–Crippen MR) is 68.2 cm³/mol. The van der Waals surface area contributed by atoms with Crippen LogP contribution in [-0.2, 0) is 4.79 Å². The number of hydrogen-bond donors (Lipinski definition) is 1. The van der Waals surface area contributed by atoms with Crippen molar-refractivity contribution in [2.45, 2.75) is 45.7 Å². The van der Waals surface area contributed by atoms with Gasteiger partial charge in [-0.3, -0.25) is 9.48 Å². The molecule has 1 aromatic rings. The molecule has 1 unspecified atom stereocenters. The number of likely N-dealkylation sites (tertiary alicyclic amines) is 1. The fourth-order valence-corrected chi connectivity index (χ4v) is 2.70. The number of aliphatic hydroxyl groups is 1. The highest BCUT2D eigenvalue weighted by Crippen LogP contribution is 2.22. The van der Waals surface area contributed by atoms with Crippen LogP contribution in [0.3, 0.4) is 0 Å². The zero-order valence-electron chi connectivity index (χ0n) is 11.3. The summed E-state index contributed by atoms with van der Waals surface area (Å²) in [4.78, 5) is 14.2. The molecule has 5 heteroatoms. The van der Waals surface area contributed by atoms with E-state index in [1.807, 2.05) is 26.8 Å². The van der Waals surface area contributed by atoms with E-state index in [0.29, 0.717) is 0 Å². The molecule has 0 radical (unpaired) electrons. The highest BCUT2D eigenvalue weighted by molar-refractivity contribution is 5.80. The number of aliphatic hydroxyl groups excluding tert-OH is 1. The SMILES string of the molecule is Cc1cc(C)n(C(C)C(=O)N2CCC[C@@H]2CO)n1. The molecule has 18 heavy (non-hydrogen) atoms. The molecule has 5 nitrogen and oxygen atoms in total. The average Bonchev–Trinajstić information content (AvgIpc) is 2.93. The first kappa shape index (κ1) is 13.1. The fraction of sp³-hybridized carbons (Fsp3) is 0.692. The second-order valence-electron chi connectivity index (χ2n) is 5.06. The van der Waals surface area contributed by atoms with Crippen molar-refractivity contribution in [1.82, 2.24) is 14.7 Å². The van der Waals surface area contributed by atoms with Crippen molar-refractivity contribution in [3.8, 4) is 0 Å². The Balaban J connectivity index is 2.16. The minimum Gasteiger partial charge on any atom is -0.394 e. The summed E-state index contributed by atoms with van der Waals surface area (Å²) in [5.74, 6) is 0.0535. The average molecular weight is 251 g/mol. The number of hydrogen-bond acceptors (Lipinski definition) is 3. The normalized spacial score (nSPS) is 21.3. The summed E-state index contributed by atoms with van der Waals surface area (Å²) < 4.78 is 1.77. The van der Waals surface area contributed by atoms with E-state index in [9.17, 15) is 9.90 Å². The summed E-state index contributed by atoms with van der Waals surface area (Å²) in [6.45, 7) is 6.54. The minimum atomic E-state index is -0.300. The second kappa shape index (κ2) is 5.10. The highest BCUT2D eigenvalue weighted by atomic mass is 16.3. The Hall–Kier alpha value is -1.36. The zero-order chi connectivity index (χ0) is 13.3. The fourth-order valence-electron chi connectivity index (χ4n) is 2.70. The number of nitrogens with zero attached hydrogens (tertiary/aromatic N) is 3. The van der Waals surface area contributed by atoms with Crippen LogP contribution in [0.1, 0.15) is 37.2 Å². The molecular formula is C13H21N3O2. The summed E-state index contributed by atoms with van der Waals surface area (Å²) in [6.07, 6.45) is 1.87. The summed E-state index contributed by atoms with van der Waals surface area (Å²) in [6, 6.07) is 1.65. The van der Waals surface area contributed by atoms with E-state index in [1.54, 1.807) is 9.58 Å². The molecule has 1 N–H and O–H groups in total. The van der Waals surface area contributed by atoms with Crippen molar-refractivity contribution < 1.29 is 9.90 Å². The standard InChI is InChI=1S/C13H21N3O2/c1-9-7-10(2)16(14-9)11(3)13(18)15-6-4-5-12(15)8-17/h7,11-12,17H,4-6,8H2,1-3H3/t11?,12-/m1/s1. The lowest BCUT2D eigenvalue weighted by Crippen LogP contribution is -2.41. The third kappa shape index (κ3) is 2.27. The quantitative estimate of drug-likeness (QED) is 0.873. The largest absolute Gasteiger partial charge is 0.394 e. The number of aromatic nitrogens is 2. The van der Waals surface area contributed by atoms with Crippen molar-refractivity contribution in [2.75, 3.05) is 13.2 Å². The maximum atomic E-state index is 12.4. The van der Waals surface area contributed by atoms with Crippen LogP contribution in [0.2, 0.25) is 0 Å². The van der Waals surface area contributed by atoms with Crippen LogP contribution in [0.5, 0.6) is 0 Å². The molecular weight excluding hydrogens is 230 g/mol. The van der Waals surface area contributed by atoms with Gasteiger partial charge in [-0.25, -0.2) is 0 Å². The summed E-state index contributed by atoms with van der Waals surface area (Å²) in [5.41, 5.74) is 1.92. The topological polar surface area (TPSA) is 58.4 Å². The summed E-state index contributed by atoms with van der Waals surface area (Å²) in [7, 11) is 0. The first-order chi connectivity index (χ1) is 8.54. The molecule has 0 aliphatic carbocycles. The molecule has 2 heterocycles. The van der Waals surface area contributed by atoms with Gasteiger partial charge in [-0.2, -0.15) is 5.10 Å². The van der Waals surface area contributed by atoms with E-state index in [0.717, 1.165) is 30.8 Å². The Morgan fingerprint density at radius 3 is 2.89 bits per heavy atom. The van der Waals surface area contributed by atoms with Gasteiger partial charge < -0.3 is 10.0 Å². The Kier molecular flexibility index (Phi) is 3.71. The molecule has 0 aromatic carbocycles. The van der Waals surface area contributed by atoms with Crippen molar-refractivity contribution in [3.63, 3.8) is 0 Å². The van der Waals surface area contributed by atoms with Crippen LogP contribution in [-0.4, -0.2) is 44.9 Å². The van der Waals surface area contributed by atoms with Crippen LogP contribution in [0.4, 0.5) is 0 Å². The Bertz CT molecular complexity index is 441. The van der Waals surface area contributed by atoms with E-state index in [2.05, 4.69) is 5.10 Å². The molecule has 0 spiro atoms. The Morgan fingerprint density at radius 1 is 1.61 bits per heavy atom. The van der Waals surface area contributed by atoms with Crippen LogP contribution < -0.4 is 0 Å². The van der Waals surface area contributed by atoms with Gasteiger partial charge in [0.05, 0.1) is 18.3 Å². The molecule has 0 bridgehead atoms. The van der Waals surface area contributed by atoms with Gasteiger partial charge in [0.1, 0.15) is 6.04 Å². The van der Waals surface area contributed by atoms with Gasteiger partial charge in [-0.15, -0.1) is 0 Å². The predicted octanol–water partition coefficient (Wildman–Crippen LogP) is 1.04. The van der Waals surface area contributed by atoms with Gasteiger partial charge in [0.25, 0.3) is 0 Å². The number of carbonyl (C=O) groups excluding carboxylic acids is 1. The molecule has 100 valence electrons. The van der Waals surface area contributed by atoms with Gasteiger partial charge in [0, 0.05) is 12.2 Å². The molecule has 1 fully saturated rings. The maximum absolute atomic E-state index is 12.4. The molecule has 2 atom stereocenters. The Morgan fingerprint density at radius 2 is 2.33 bits per heavy atom. The van der Waals surface area contributed by atoms with Gasteiger partial charge in [-0.05, 0) is 39.7 Å². The molecule has 1 aliphatic heterocycles. The number of amides is 1. The lowest BCUT2D eigenvalue weighted by Gasteiger charge is -2.26. The zero-order valence-corrected chi connectivity index (χ0v) is 11.3. The second-order valence-corrected chi connectivity index (χ2v) is 5.06. The maximum Gasteiger partial charge on any atom is 0.247 e. The number of aryl methyl sites for hydroxylation is 2. The molecule has 1 saturated heterocycles. The monoisotopic (exact) mass is 251 g/mol. The van der Waals surface area contributed by atoms with Crippen molar-refractivity contribution in [1.29, 1.82) is 0 Å². The van der Waals surface area contributed by atoms with Crippen molar-refractivity contribution in [2.24, 2.45) is 0 Å². The summed E-state index contributed by atoms with van der Waals surface area (Å²) in [5, 5.41) is 13.6. The van der Waals surface area contributed by atoms with Crippen molar-refractivity contribution in [3.05, 3.63) is 17.5 Å². The Labute approximate surface area is 107 Å². The van der Waals surface area contributed by atoms with Crippen molar-refractivity contribution >= 4 is 5.91 Å². The van der Waals surface area contributed by atoms with E-state index in [-0.39, 0.29) is 24.6 Å². The minimum absolute atomic E-state index is 0.0167. The number of carbonyl (C=O) groups is 1. The summed E-state index contributed by atoms with van der Waals surface area (Å²) >= 11 is 0.